The number of imide groups is 1. The molecule has 3 heterocycles. The fraction of sp³-hybridized carbons (Fsp3) is 0.273. The number of amides is 3. The van der Waals surface area contributed by atoms with Crippen molar-refractivity contribution in [3.8, 4) is 0 Å². The van der Waals surface area contributed by atoms with E-state index < -0.39 is 0 Å². The molecule has 9 nitrogen and oxygen atoms in total. The van der Waals surface area contributed by atoms with E-state index in [4.69, 9.17) is 0 Å². The first kappa shape index (κ1) is 19.1. The minimum Gasteiger partial charge on any atom is -0.336 e. The Balaban J connectivity index is 1.18. The van der Waals surface area contributed by atoms with Crippen LogP contribution in [0.25, 0.3) is 0 Å². The highest BCUT2D eigenvalue weighted by molar-refractivity contribution is 6.21. The molecule has 0 N–H and O–H groups in total. The van der Waals surface area contributed by atoms with Crippen LogP contribution in [0, 0.1) is 0 Å². The van der Waals surface area contributed by atoms with Gasteiger partial charge < -0.3 is 4.90 Å². The van der Waals surface area contributed by atoms with Crippen LogP contribution in [0.4, 0.5) is 0 Å². The van der Waals surface area contributed by atoms with Crippen molar-refractivity contribution in [2.75, 3.05) is 13.1 Å². The third kappa shape index (κ3) is 3.58. The Morgan fingerprint density at radius 1 is 0.935 bits per heavy atom. The van der Waals surface area contributed by atoms with Crippen LogP contribution in [0.2, 0.25) is 0 Å². The number of carbonyl (C=O) groups is 3. The van der Waals surface area contributed by atoms with Crippen molar-refractivity contribution in [3.05, 3.63) is 76.6 Å². The molecule has 0 saturated carbocycles. The molecular weight excluding hydrogens is 396 g/mol. The molecule has 1 aromatic heterocycles. The average Bonchev–Trinajstić information content (AvgIpc) is 3.34. The molecule has 31 heavy (non-hydrogen) atoms. The van der Waals surface area contributed by atoms with Gasteiger partial charge in [-0.3, -0.25) is 19.3 Å². The van der Waals surface area contributed by atoms with Gasteiger partial charge >= 0.3 is 0 Å². The Hall–Kier alpha value is -3.88. The third-order valence-electron chi connectivity index (χ3n) is 5.69. The molecule has 9 heteroatoms. The van der Waals surface area contributed by atoms with Gasteiger partial charge in [0.15, 0.2) is 5.82 Å². The van der Waals surface area contributed by atoms with Crippen LogP contribution in [0.15, 0.2) is 48.5 Å². The summed E-state index contributed by atoms with van der Waals surface area (Å²) in [5.41, 5.74) is 3.27. The molecule has 0 bridgehead atoms. The smallest absolute Gasteiger partial charge is 0.261 e. The van der Waals surface area contributed by atoms with E-state index in [1.807, 2.05) is 18.2 Å². The highest BCUT2D eigenvalue weighted by Gasteiger charge is 2.34. The van der Waals surface area contributed by atoms with Gasteiger partial charge in [0.25, 0.3) is 11.8 Å². The minimum absolute atomic E-state index is 0.00217. The number of tetrazole rings is 1. The molecule has 0 spiro atoms. The molecule has 0 saturated heterocycles. The van der Waals surface area contributed by atoms with Crippen molar-refractivity contribution >= 4 is 17.7 Å². The number of benzene rings is 2. The lowest BCUT2D eigenvalue weighted by atomic mass is 10.00. The molecule has 0 aliphatic carbocycles. The van der Waals surface area contributed by atoms with Gasteiger partial charge in [-0.2, -0.15) is 4.80 Å². The van der Waals surface area contributed by atoms with Crippen molar-refractivity contribution in [2.24, 2.45) is 0 Å². The first-order chi connectivity index (χ1) is 15.1. The maximum atomic E-state index is 12.7. The van der Waals surface area contributed by atoms with Crippen LogP contribution in [-0.4, -0.2) is 60.8 Å². The van der Waals surface area contributed by atoms with Crippen molar-refractivity contribution < 1.29 is 14.4 Å². The van der Waals surface area contributed by atoms with Gasteiger partial charge in [0.05, 0.1) is 11.1 Å². The van der Waals surface area contributed by atoms with Crippen molar-refractivity contribution in [1.82, 2.24) is 30.0 Å². The van der Waals surface area contributed by atoms with E-state index in [1.165, 1.54) is 15.3 Å². The second kappa shape index (κ2) is 7.75. The predicted molar refractivity (Wildman–Crippen MR) is 109 cm³/mol. The summed E-state index contributed by atoms with van der Waals surface area (Å²) in [7, 11) is 0. The number of rotatable bonds is 5. The normalized spacial score (nSPS) is 15.2. The number of carbonyl (C=O) groups excluding carboxylic acids is 3. The van der Waals surface area contributed by atoms with Gasteiger partial charge in [0, 0.05) is 26.1 Å². The molecule has 0 atom stereocenters. The first-order valence-corrected chi connectivity index (χ1v) is 10.2. The van der Waals surface area contributed by atoms with Crippen LogP contribution < -0.4 is 0 Å². The maximum absolute atomic E-state index is 12.7. The molecule has 3 aromatic rings. The Labute approximate surface area is 178 Å². The van der Waals surface area contributed by atoms with E-state index in [9.17, 15) is 14.4 Å². The Bertz CT molecular complexity index is 1150. The Kier molecular flexibility index (Phi) is 4.78. The second-order valence-corrected chi connectivity index (χ2v) is 7.63. The van der Waals surface area contributed by atoms with Crippen LogP contribution in [0.3, 0.4) is 0 Å². The van der Waals surface area contributed by atoms with Crippen molar-refractivity contribution in [3.63, 3.8) is 0 Å². The largest absolute Gasteiger partial charge is 0.336 e. The molecule has 2 aliphatic heterocycles. The lowest BCUT2D eigenvalue weighted by molar-refractivity contribution is -0.133. The molecule has 2 aliphatic rings. The number of fused-ring (bicyclic) bond motifs is 2. The van der Waals surface area contributed by atoms with E-state index >= 15 is 0 Å². The molecule has 156 valence electrons. The lowest BCUT2D eigenvalue weighted by Crippen LogP contribution is -2.38. The lowest BCUT2D eigenvalue weighted by Gasteiger charge is -2.28. The van der Waals surface area contributed by atoms with E-state index in [2.05, 4.69) is 21.5 Å². The van der Waals surface area contributed by atoms with Gasteiger partial charge in [-0.1, -0.05) is 36.4 Å². The third-order valence-corrected chi connectivity index (χ3v) is 5.69. The van der Waals surface area contributed by atoms with E-state index in [0.717, 1.165) is 12.0 Å². The molecule has 3 amide bonds. The molecule has 0 fully saturated rings. The summed E-state index contributed by atoms with van der Waals surface area (Å²) in [5.74, 6) is -0.311. The van der Waals surface area contributed by atoms with Gasteiger partial charge in [-0.25, -0.2) is 0 Å². The van der Waals surface area contributed by atoms with Gasteiger partial charge in [0.1, 0.15) is 6.54 Å². The van der Waals surface area contributed by atoms with Crippen molar-refractivity contribution in [2.45, 2.75) is 25.9 Å². The first-order valence-electron chi connectivity index (χ1n) is 10.2. The van der Waals surface area contributed by atoms with E-state index in [-0.39, 0.29) is 37.2 Å². The molecule has 5 rings (SSSR count). The number of aromatic nitrogens is 4. The van der Waals surface area contributed by atoms with Gasteiger partial charge in [-0.15, -0.1) is 10.2 Å². The fourth-order valence-corrected chi connectivity index (χ4v) is 4.03. The molecular formula is C22H20N6O3. The van der Waals surface area contributed by atoms with Crippen LogP contribution in [0.1, 0.15) is 37.7 Å². The topological polar surface area (TPSA) is 101 Å². The Morgan fingerprint density at radius 2 is 1.61 bits per heavy atom. The summed E-state index contributed by atoms with van der Waals surface area (Å²) >= 11 is 0. The zero-order valence-corrected chi connectivity index (χ0v) is 16.8. The van der Waals surface area contributed by atoms with Crippen LogP contribution in [-0.2, 0) is 30.7 Å². The summed E-state index contributed by atoms with van der Waals surface area (Å²) in [6.07, 6.45) is 1.11. The zero-order chi connectivity index (χ0) is 21.4. The summed E-state index contributed by atoms with van der Waals surface area (Å²) in [6.45, 7) is 1.41. The highest BCUT2D eigenvalue weighted by atomic mass is 16.2. The predicted octanol–water partition coefficient (Wildman–Crippen LogP) is 1.10. The monoisotopic (exact) mass is 416 g/mol. The maximum Gasteiger partial charge on any atom is 0.261 e. The summed E-state index contributed by atoms with van der Waals surface area (Å²) in [5, 5.41) is 12.2. The van der Waals surface area contributed by atoms with Gasteiger partial charge in [-0.05, 0) is 34.9 Å². The van der Waals surface area contributed by atoms with E-state index in [1.54, 1.807) is 29.2 Å². The van der Waals surface area contributed by atoms with E-state index in [0.29, 0.717) is 30.0 Å². The molecule has 2 aromatic carbocycles. The second-order valence-electron chi connectivity index (χ2n) is 7.63. The van der Waals surface area contributed by atoms with Gasteiger partial charge in [0.2, 0.25) is 5.91 Å². The summed E-state index contributed by atoms with van der Waals surface area (Å²) < 4.78 is 0. The Morgan fingerprint density at radius 3 is 2.35 bits per heavy atom. The van der Waals surface area contributed by atoms with Crippen molar-refractivity contribution in [1.29, 1.82) is 0 Å². The standard InChI is InChI=1S/C22H20N6O3/c29-20(26-11-9-15-5-1-2-6-16(15)13-26)14-28-24-19(23-25-28)10-12-27-21(30)17-7-3-4-8-18(17)22(27)31/h1-8H,9-14H2. The fourth-order valence-electron chi connectivity index (χ4n) is 4.03. The van der Waals surface area contributed by atoms with Crippen LogP contribution in [0.5, 0.6) is 0 Å². The molecule has 0 unspecified atom stereocenters. The number of hydrogen-bond acceptors (Lipinski definition) is 6. The summed E-state index contributed by atoms with van der Waals surface area (Å²) in [6, 6.07) is 14.9. The summed E-state index contributed by atoms with van der Waals surface area (Å²) in [4.78, 5) is 41.8. The quantitative estimate of drug-likeness (QED) is 0.577. The number of nitrogens with zero attached hydrogens (tertiary/aromatic N) is 6. The highest BCUT2D eigenvalue weighted by Crippen LogP contribution is 2.22. The SMILES string of the molecule is O=C(Cn1nnc(CCN2C(=O)c3ccccc3C2=O)n1)N1CCc2ccccc2C1. The average molecular weight is 416 g/mol. The minimum atomic E-state index is -0.312. The zero-order valence-electron chi connectivity index (χ0n) is 16.8. The number of hydrogen-bond donors (Lipinski definition) is 0. The van der Waals surface area contributed by atoms with Crippen LogP contribution >= 0.6 is 0 Å². The molecule has 0 radical (unpaired) electrons.